The minimum Gasteiger partial charge on any atom is -0.492 e. The lowest BCUT2D eigenvalue weighted by molar-refractivity contribution is 0.200. The number of piperazine rings is 1. The van der Waals surface area contributed by atoms with Crippen molar-refractivity contribution in [2.45, 2.75) is 0 Å². The lowest BCUT2D eigenvalue weighted by atomic mass is 10.3. The number of hydrogen-bond acceptors (Lipinski definition) is 4. The highest BCUT2D eigenvalue weighted by Gasteiger charge is 2.17. The Bertz CT molecular complexity index is 630. The first-order valence-electron chi connectivity index (χ1n) is 7.68. The summed E-state index contributed by atoms with van der Waals surface area (Å²) in [5, 5.41) is 0.655. The molecule has 0 atom stereocenters. The van der Waals surface area contributed by atoms with E-state index in [1.807, 2.05) is 12.1 Å². The van der Waals surface area contributed by atoms with Crippen LogP contribution in [0.1, 0.15) is 0 Å². The minimum absolute atomic E-state index is 0.272. The maximum Gasteiger partial charge on any atom is 0.128 e. The SMILES string of the molecule is Fc1cccc(OCCN2CCN(c3ccc(Cl)cn3)CC2)c1. The van der Waals surface area contributed by atoms with Gasteiger partial charge in [0.2, 0.25) is 0 Å². The van der Waals surface area contributed by atoms with E-state index in [0.29, 0.717) is 17.4 Å². The fourth-order valence-corrected chi connectivity index (χ4v) is 2.72. The third-order valence-electron chi connectivity index (χ3n) is 3.88. The first kappa shape index (κ1) is 16.0. The number of rotatable bonds is 5. The molecule has 3 rings (SSSR count). The number of ether oxygens (including phenoxy) is 1. The third-order valence-corrected chi connectivity index (χ3v) is 4.10. The highest BCUT2D eigenvalue weighted by atomic mass is 35.5. The lowest BCUT2D eigenvalue weighted by Gasteiger charge is -2.35. The molecule has 2 aromatic rings. The predicted octanol–water partition coefficient (Wildman–Crippen LogP) is 3.08. The van der Waals surface area contributed by atoms with Gasteiger partial charge >= 0.3 is 0 Å². The number of nitrogens with zero attached hydrogens (tertiary/aromatic N) is 3. The summed E-state index contributed by atoms with van der Waals surface area (Å²) >= 11 is 5.86. The van der Waals surface area contributed by atoms with E-state index in [-0.39, 0.29) is 5.82 Å². The number of benzene rings is 1. The van der Waals surface area contributed by atoms with E-state index < -0.39 is 0 Å². The molecule has 6 heteroatoms. The zero-order chi connectivity index (χ0) is 16.1. The van der Waals surface area contributed by atoms with E-state index in [9.17, 15) is 4.39 Å². The van der Waals surface area contributed by atoms with Gasteiger partial charge in [-0.15, -0.1) is 0 Å². The fourth-order valence-electron chi connectivity index (χ4n) is 2.61. The van der Waals surface area contributed by atoms with Crippen LogP contribution in [-0.2, 0) is 0 Å². The van der Waals surface area contributed by atoms with Crippen LogP contribution in [-0.4, -0.2) is 49.2 Å². The maximum absolute atomic E-state index is 13.1. The van der Waals surface area contributed by atoms with Gasteiger partial charge < -0.3 is 9.64 Å². The van der Waals surface area contributed by atoms with Crippen LogP contribution in [0.2, 0.25) is 5.02 Å². The lowest BCUT2D eigenvalue weighted by Crippen LogP contribution is -2.47. The van der Waals surface area contributed by atoms with E-state index in [2.05, 4.69) is 14.8 Å². The molecule has 1 aliphatic rings. The van der Waals surface area contributed by atoms with Crippen molar-refractivity contribution in [3.05, 3.63) is 53.4 Å². The summed E-state index contributed by atoms with van der Waals surface area (Å²) in [5.41, 5.74) is 0. The molecular weight excluding hydrogens is 317 g/mol. The van der Waals surface area contributed by atoms with Crippen LogP contribution in [0, 0.1) is 5.82 Å². The summed E-state index contributed by atoms with van der Waals surface area (Å²) in [4.78, 5) is 8.94. The molecule has 0 saturated carbocycles. The predicted molar refractivity (Wildman–Crippen MR) is 89.8 cm³/mol. The van der Waals surface area contributed by atoms with Gasteiger partial charge in [0.25, 0.3) is 0 Å². The maximum atomic E-state index is 13.1. The Morgan fingerprint density at radius 1 is 1.13 bits per heavy atom. The van der Waals surface area contributed by atoms with E-state index in [1.165, 1.54) is 12.1 Å². The van der Waals surface area contributed by atoms with Crippen LogP contribution in [0.5, 0.6) is 5.75 Å². The molecule has 0 spiro atoms. The summed E-state index contributed by atoms with van der Waals surface area (Å²) in [5.74, 6) is 1.27. The zero-order valence-electron chi connectivity index (χ0n) is 12.8. The van der Waals surface area contributed by atoms with Crippen molar-refractivity contribution < 1.29 is 9.13 Å². The fraction of sp³-hybridized carbons (Fsp3) is 0.353. The monoisotopic (exact) mass is 335 g/mol. The number of hydrogen-bond donors (Lipinski definition) is 0. The number of halogens is 2. The second-order valence-corrected chi connectivity index (χ2v) is 5.91. The minimum atomic E-state index is -0.272. The van der Waals surface area contributed by atoms with E-state index in [1.54, 1.807) is 18.3 Å². The summed E-state index contributed by atoms with van der Waals surface area (Å²) < 4.78 is 18.7. The summed E-state index contributed by atoms with van der Waals surface area (Å²) in [6.07, 6.45) is 1.68. The van der Waals surface area contributed by atoms with Gasteiger partial charge in [-0.2, -0.15) is 0 Å². The molecule has 1 saturated heterocycles. The zero-order valence-corrected chi connectivity index (χ0v) is 13.5. The van der Waals surface area contributed by atoms with Crippen molar-refractivity contribution in [2.24, 2.45) is 0 Å². The van der Waals surface area contributed by atoms with Crippen LogP contribution >= 0.6 is 11.6 Å². The topological polar surface area (TPSA) is 28.6 Å². The van der Waals surface area contributed by atoms with Gasteiger partial charge in [0.15, 0.2) is 0 Å². The van der Waals surface area contributed by atoms with Crippen LogP contribution in [0.4, 0.5) is 10.2 Å². The quantitative estimate of drug-likeness (QED) is 0.839. The molecule has 1 aromatic heterocycles. The van der Waals surface area contributed by atoms with Crippen molar-refractivity contribution in [3.8, 4) is 5.75 Å². The normalized spacial score (nSPS) is 15.7. The number of aromatic nitrogens is 1. The molecule has 2 heterocycles. The molecule has 0 aliphatic carbocycles. The van der Waals surface area contributed by atoms with Gasteiger partial charge in [0.05, 0.1) is 5.02 Å². The van der Waals surface area contributed by atoms with Crippen molar-refractivity contribution in [1.82, 2.24) is 9.88 Å². The van der Waals surface area contributed by atoms with E-state index in [0.717, 1.165) is 38.5 Å². The summed E-state index contributed by atoms with van der Waals surface area (Å²) in [6.45, 7) is 5.15. The highest BCUT2D eigenvalue weighted by molar-refractivity contribution is 6.30. The Balaban J connectivity index is 1.41. The number of anilines is 1. The van der Waals surface area contributed by atoms with Gasteiger partial charge in [-0.25, -0.2) is 9.37 Å². The van der Waals surface area contributed by atoms with E-state index in [4.69, 9.17) is 16.3 Å². The second-order valence-electron chi connectivity index (χ2n) is 5.47. The van der Waals surface area contributed by atoms with Gasteiger partial charge in [0.1, 0.15) is 24.0 Å². The molecule has 1 aliphatic heterocycles. The van der Waals surface area contributed by atoms with Gasteiger partial charge in [0, 0.05) is 45.0 Å². The summed E-state index contributed by atoms with van der Waals surface area (Å²) in [6, 6.07) is 10.1. The molecule has 0 radical (unpaired) electrons. The molecule has 0 unspecified atom stereocenters. The largest absolute Gasteiger partial charge is 0.492 e. The Kier molecular flexibility index (Phi) is 5.31. The molecule has 0 bridgehead atoms. The summed E-state index contributed by atoms with van der Waals surface area (Å²) in [7, 11) is 0. The Morgan fingerprint density at radius 2 is 1.96 bits per heavy atom. The second kappa shape index (κ2) is 7.62. The van der Waals surface area contributed by atoms with E-state index >= 15 is 0 Å². The highest BCUT2D eigenvalue weighted by Crippen LogP contribution is 2.16. The van der Waals surface area contributed by atoms with Gasteiger partial charge in [-0.1, -0.05) is 17.7 Å². The standard InChI is InChI=1S/C17H19ClFN3O/c18-14-4-5-17(20-13-14)22-8-6-21(7-9-22)10-11-23-16-3-1-2-15(19)12-16/h1-5,12-13H,6-11H2. The van der Waals surface area contributed by atoms with Crippen LogP contribution in [0.25, 0.3) is 0 Å². The average molecular weight is 336 g/mol. The first-order valence-corrected chi connectivity index (χ1v) is 8.06. The van der Waals surface area contributed by atoms with Crippen LogP contribution in [0.15, 0.2) is 42.6 Å². The Hall–Kier alpha value is -1.85. The average Bonchev–Trinajstić information content (AvgIpc) is 2.56. The van der Waals surface area contributed by atoms with Crippen molar-refractivity contribution in [2.75, 3.05) is 44.2 Å². The van der Waals surface area contributed by atoms with Crippen LogP contribution < -0.4 is 9.64 Å². The number of pyridine rings is 1. The molecule has 23 heavy (non-hydrogen) atoms. The molecule has 0 amide bonds. The molecule has 122 valence electrons. The molecule has 1 aromatic carbocycles. The van der Waals surface area contributed by atoms with Crippen LogP contribution in [0.3, 0.4) is 0 Å². The molecule has 4 nitrogen and oxygen atoms in total. The van der Waals surface area contributed by atoms with Gasteiger partial charge in [-0.05, 0) is 24.3 Å². The van der Waals surface area contributed by atoms with Crippen molar-refractivity contribution in [1.29, 1.82) is 0 Å². The molecule has 0 N–H and O–H groups in total. The first-order chi connectivity index (χ1) is 11.2. The Labute approximate surface area is 140 Å². The van der Waals surface area contributed by atoms with Gasteiger partial charge in [-0.3, -0.25) is 4.90 Å². The van der Waals surface area contributed by atoms with Crippen molar-refractivity contribution in [3.63, 3.8) is 0 Å². The third kappa shape index (κ3) is 4.56. The molecule has 1 fully saturated rings. The Morgan fingerprint density at radius 3 is 2.65 bits per heavy atom. The van der Waals surface area contributed by atoms with Crippen molar-refractivity contribution >= 4 is 17.4 Å². The molecular formula is C17H19ClFN3O. The smallest absolute Gasteiger partial charge is 0.128 e.